The smallest absolute Gasteiger partial charge is 0.255 e. The Bertz CT molecular complexity index is 590. The molecule has 27 heavy (non-hydrogen) atoms. The van der Waals surface area contributed by atoms with Crippen molar-refractivity contribution in [3.05, 3.63) is 35.9 Å². The summed E-state index contributed by atoms with van der Waals surface area (Å²) >= 11 is 0. The van der Waals surface area contributed by atoms with Crippen LogP contribution in [-0.2, 0) is 11.2 Å². The highest BCUT2D eigenvalue weighted by Gasteiger charge is 2.43. The lowest BCUT2D eigenvalue weighted by atomic mass is 9.90. The van der Waals surface area contributed by atoms with E-state index in [0.29, 0.717) is 26.1 Å². The third kappa shape index (κ3) is 5.51. The maximum Gasteiger partial charge on any atom is 0.255 e. The van der Waals surface area contributed by atoms with Crippen LogP contribution in [0, 0.1) is 0 Å². The summed E-state index contributed by atoms with van der Waals surface area (Å²) in [6, 6.07) is 10.3. The van der Waals surface area contributed by atoms with Gasteiger partial charge in [-0.15, -0.1) is 0 Å². The van der Waals surface area contributed by atoms with E-state index in [4.69, 9.17) is 5.11 Å². The molecule has 0 saturated carbocycles. The van der Waals surface area contributed by atoms with Crippen molar-refractivity contribution >= 4 is 5.91 Å². The lowest BCUT2D eigenvalue weighted by Crippen LogP contribution is -2.60. The predicted molar refractivity (Wildman–Crippen MR) is 105 cm³/mol. The fourth-order valence-corrected chi connectivity index (χ4v) is 4.23. The van der Waals surface area contributed by atoms with Gasteiger partial charge in [-0.1, -0.05) is 30.3 Å². The average Bonchev–Trinajstić information content (AvgIpc) is 2.68. The van der Waals surface area contributed by atoms with Gasteiger partial charge < -0.3 is 15.1 Å². The minimum absolute atomic E-state index is 0.0976. The summed E-state index contributed by atoms with van der Waals surface area (Å²) < 4.78 is 0. The van der Waals surface area contributed by atoms with E-state index in [1.807, 2.05) is 23.1 Å². The monoisotopic (exact) mass is 375 g/mol. The van der Waals surface area contributed by atoms with E-state index in [9.17, 15) is 9.90 Å². The van der Waals surface area contributed by atoms with Crippen molar-refractivity contribution in [2.75, 3.05) is 59.0 Å². The summed E-state index contributed by atoms with van der Waals surface area (Å²) in [5.41, 5.74) is 0.0439. The lowest BCUT2D eigenvalue weighted by molar-refractivity contribution is -0.160. The number of aliphatic hydroxyl groups excluding tert-OH is 1. The molecule has 0 aromatic heterocycles. The van der Waals surface area contributed by atoms with Crippen LogP contribution in [0.15, 0.2) is 30.3 Å². The summed E-state index contributed by atoms with van der Waals surface area (Å²) in [7, 11) is 0. The Kier molecular flexibility index (Phi) is 7.24. The van der Waals surface area contributed by atoms with Crippen LogP contribution < -0.4 is 0 Å². The van der Waals surface area contributed by atoms with Crippen molar-refractivity contribution in [3.8, 4) is 0 Å². The highest BCUT2D eigenvalue weighted by Crippen LogP contribution is 2.25. The number of β-amino-alcohol motifs (C(OH)–C–C–N with tert-alkyl or cyclic N) is 2. The van der Waals surface area contributed by atoms with E-state index in [-0.39, 0.29) is 12.5 Å². The molecule has 1 atom stereocenters. The fraction of sp³-hybridized carbons (Fsp3) is 0.667. The first-order valence-corrected chi connectivity index (χ1v) is 10.2. The summed E-state index contributed by atoms with van der Waals surface area (Å²) in [4.78, 5) is 19.2. The molecule has 0 unspecified atom stereocenters. The second-order valence-electron chi connectivity index (χ2n) is 7.86. The van der Waals surface area contributed by atoms with Gasteiger partial charge in [-0.05, 0) is 31.2 Å². The van der Waals surface area contributed by atoms with Crippen LogP contribution in [0.25, 0.3) is 0 Å². The van der Waals surface area contributed by atoms with E-state index >= 15 is 0 Å². The zero-order valence-electron chi connectivity index (χ0n) is 16.2. The number of aliphatic hydroxyl groups is 2. The number of aryl methyl sites for hydroxylation is 1. The van der Waals surface area contributed by atoms with Crippen LogP contribution in [-0.4, -0.2) is 95.4 Å². The molecule has 2 saturated heterocycles. The van der Waals surface area contributed by atoms with Crippen molar-refractivity contribution in [1.82, 2.24) is 14.7 Å². The number of carbonyl (C=O) groups is 1. The van der Waals surface area contributed by atoms with Crippen molar-refractivity contribution in [2.24, 2.45) is 0 Å². The quantitative estimate of drug-likeness (QED) is 0.696. The summed E-state index contributed by atoms with van der Waals surface area (Å²) in [6.07, 6.45) is 3.29. The first kappa shape index (κ1) is 20.3. The normalized spacial score (nSPS) is 25.1. The van der Waals surface area contributed by atoms with Gasteiger partial charge in [0.25, 0.3) is 5.91 Å². The Hall–Kier alpha value is -1.47. The standard InChI is InChI=1S/C21H33N3O3/c25-17-16-22-12-14-23(15-13-22)18-21(27)9-5-11-24(20(21)26)10-4-8-19-6-2-1-3-7-19/h1-3,6-7,25,27H,4-5,8-18H2/t21-/m0/s1. The maximum absolute atomic E-state index is 12.9. The summed E-state index contributed by atoms with van der Waals surface area (Å²) in [5.74, 6) is -0.0976. The molecule has 150 valence electrons. The molecule has 0 bridgehead atoms. The van der Waals surface area contributed by atoms with Gasteiger partial charge in [0.15, 0.2) is 5.60 Å². The lowest BCUT2D eigenvalue weighted by Gasteiger charge is -2.43. The van der Waals surface area contributed by atoms with E-state index in [1.54, 1.807) is 0 Å². The average molecular weight is 376 g/mol. The summed E-state index contributed by atoms with van der Waals surface area (Å²) in [6.45, 7) is 6.20. The Morgan fingerprint density at radius 3 is 2.37 bits per heavy atom. The molecule has 2 fully saturated rings. The molecule has 2 aliphatic heterocycles. The minimum atomic E-state index is -1.25. The van der Waals surface area contributed by atoms with Crippen LogP contribution >= 0.6 is 0 Å². The first-order valence-electron chi connectivity index (χ1n) is 10.2. The number of carbonyl (C=O) groups excluding carboxylic acids is 1. The molecular formula is C21H33N3O3. The minimum Gasteiger partial charge on any atom is -0.395 e. The van der Waals surface area contributed by atoms with Gasteiger partial charge in [-0.2, -0.15) is 0 Å². The molecule has 2 heterocycles. The molecule has 0 radical (unpaired) electrons. The molecular weight excluding hydrogens is 342 g/mol. The molecule has 2 aliphatic rings. The number of hydrogen-bond donors (Lipinski definition) is 2. The van der Waals surface area contributed by atoms with E-state index in [1.165, 1.54) is 5.56 Å². The Labute approximate surface area is 162 Å². The second kappa shape index (κ2) is 9.64. The molecule has 1 aromatic rings. The SMILES string of the molecule is O=C1N(CCCc2ccccc2)CCC[C@]1(O)CN1CCN(CCO)CC1. The van der Waals surface area contributed by atoms with Crippen LogP contribution in [0.1, 0.15) is 24.8 Å². The maximum atomic E-state index is 12.9. The third-order valence-corrected chi connectivity index (χ3v) is 5.81. The molecule has 6 heteroatoms. The van der Waals surface area contributed by atoms with Gasteiger partial charge in [0.1, 0.15) is 0 Å². The fourth-order valence-electron chi connectivity index (χ4n) is 4.23. The van der Waals surface area contributed by atoms with Crippen molar-refractivity contribution in [2.45, 2.75) is 31.3 Å². The van der Waals surface area contributed by atoms with E-state index in [0.717, 1.165) is 52.0 Å². The number of likely N-dealkylation sites (tertiary alicyclic amines) is 1. The molecule has 1 aromatic carbocycles. The van der Waals surface area contributed by atoms with Gasteiger partial charge in [-0.3, -0.25) is 14.6 Å². The van der Waals surface area contributed by atoms with Gasteiger partial charge in [-0.25, -0.2) is 0 Å². The number of nitrogens with zero attached hydrogens (tertiary/aromatic N) is 3. The third-order valence-electron chi connectivity index (χ3n) is 5.81. The van der Waals surface area contributed by atoms with Gasteiger partial charge in [0.05, 0.1) is 6.61 Å². The van der Waals surface area contributed by atoms with Crippen molar-refractivity contribution in [3.63, 3.8) is 0 Å². The first-order chi connectivity index (χ1) is 13.1. The Morgan fingerprint density at radius 1 is 0.963 bits per heavy atom. The van der Waals surface area contributed by atoms with Crippen LogP contribution in [0.4, 0.5) is 0 Å². The molecule has 2 N–H and O–H groups in total. The number of piperazine rings is 1. The van der Waals surface area contributed by atoms with Crippen LogP contribution in [0.3, 0.4) is 0 Å². The second-order valence-corrected chi connectivity index (χ2v) is 7.86. The number of benzene rings is 1. The van der Waals surface area contributed by atoms with E-state index < -0.39 is 5.60 Å². The predicted octanol–water partition coefficient (Wildman–Crippen LogP) is 0.583. The van der Waals surface area contributed by atoms with Crippen LogP contribution in [0.5, 0.6) is 0 Å². The van der Waals surface area contributed by atoms with Crippen LogP contribution in [0.2, 0.25) is 0 Å². The highest BCUT2D eigenvalue weighted by atomic mass is 16.3. The Morgan fingerprint density at radius 2 is 1.67 bits per heavy atom. The summed E-state index contributed by atoms with van der Waals surface area (Å²) in [5, 5.41) is 20.1. The van der Waals surface area contributed by atoms with Gasteiger partial charge in [0.2, 0.25) is 0 Å². The topological polar surface area (TPSA) is 67.3 Å². The zero-order valence-corrected chi connectivity index (χ0v) is 16.2. The van der Waals surface area contributed by atoms with Crippen molar-refractivity contribution in [1.29, 1.82) is 0 Å². The van der Waals surface area contributed by atoms with Gasteiger partial charge in [0, 0.05) is 52.4 Å². The molecule has 3 rings (SSSR count). The number of piperidine rings is 1. The number of hydrogen-bond acceptors (Lipinski definition) is 5. The largest absolute Gasteiger partial charge is 0.395 e. The highest BCUT2D eigenvalue weighted by molar-refractivity contribution is 5.86. The number of amides is 1. The van der Waals surface area contributed by atoms with Crippen molar-refractivity contribution < 1.29 is 15.0 Å². The number of rotatable bonds is 8. The molecule has 0 spiro atoms. The Balaban J connectivity index is 1.48. The van der Waals surface area contributed by atoms with Gasteiger partial charge >= 0.3 is 0 Å². The molecule has 6 nitrogen and oxygen atoms in total. The van der Waals surface area contributed by atoms with E-state index in [2.05, 4.69) is 21.9 Å². The zero-order chi connectivity index (χ0) is 19.1. The molecule has 0 aliphatic carbocycles. The molecule has 1 amide bonds.